The van der Waals surface area contributed by atoms with Gasteiger partial charge in [-0.25, -0.2) is 4.39 Å². The number of ether oxygens (including phenoxy) is 1. The van der Waals surface area contributed by atoms with Gasteiger partial charge in [0.2, 0.25) is 0 Å². The first-order valence-electron chi connectivity index (χ1n) is 2.23. The predicted octanol–water partition coefficient (Wildman–Crippen LogP) is 2.29. The Morgan fingerprint density at radius 3 is 1.55 bits per heavy atom. The predicted molar refractivity (Wildman–Crippen MR) is 22.3 cm³/mol. The summed E-state index contributed by atoms with van der Waals surface area (Å²) >= 11 is 0. The van der Waals surface area contributed by atoms with E-state index in [0.29, 0.717) is 0 Å². The van der Waals surface area contributed by atoms with E-state index in [1.54, 1.807) is 0 Å². The zero-order valence-corrected chi connectivity index (χ0v) is 4.96. The standard InChI is InChI=1S/C4H3F6O/c1-11-4(9,10)2(5)3(6,7)8/h2H,1H2. The van der Waals surface area contributed by atoms with Gasteiger partial charge in [0.15, 0.2) is 0 Å². The molecular weight excluding hydrogens is 178 g/mol. The maximum atomic E-state index is 11.7. The number of hydrogen-bond donors (Lipinski definition) is 0. The summed E-state index contributed by atoms with van der Waals surface area (Å²) in [6.07, 6.45) is -14.9. The van der Waals surface area contributed by atoms with Crippen LogP contribution in [0.5, 0.6) is 0 Å². The molecule has 1 unspecified atom stereocenters. The van der Waals surface area contributed by atoms with Crippen LogP contribution in [-0.4, -0.2) is 18.5 Å². The van der Waals surface area contributed by atoms with Gasteiger partial charge in [0, 0.05) is 0 Å². The third-order valence-electron chi connectivity index (χ3n) is 0.775. The van der Waals surface area contributed by atoms with Crippen molar-refractivity contribution >= 4 is 0 Å². The summed E-state index contributed by atoms with van der Waals surface area (Å²) in [5, 5.41) is 0. The van der Waals surface area contributed by atoms with Gasteiger partial charge in [0.25, 0.3) is 6.17 Å². The lowest BCUT2D eigenvalue weighted by atomic mass is 10.3. The minimum absolute atomic E-state index is 2.00. The van der Waals surface area contributed by atoms with Crippen molar-refractivity contribution in [1.29, 1.82) is 0 Å². The van der Waals surface area contributed by atoms with Crippen molar-refractivity contribution in [2.45, 2.75) is 18.5 Å². The van der Waals surface area contributed by atoms with E-state index in [4.69, 9.17) is 0 Å². The largest absolute Gasteiger partial charge is 0.428 e. The van der Waals surface area contributed by atoms with E-state index in [-0.39, 0.29) is 0 Å². The normalized spacial score (nSPS) is 16.6. The van der Waals surface area contributed by atoms with E-state index in [2.05, 4.69) is 4.74 Å². The van der Waals surface area contributed by atoms with Gasteiger partial charge in [0.1, 0.15) is 0 Å². The van der Waals surface area contributed by atoms with E-state index >= 15 is 0 Å². The van der Waals surface area contributed by atoms with Gasteiger partial charge < -0.3 is 4.74 Å². The van der Waals surface area contributed by atoms with Crippen LogP contribution in [0.4, 0.5) is 26.3 Å². The van der Waals surface area contributed by atoms with Gasteiger partial charge in [-0.1, -0.05) is 0 Å². The molecule has 1 nitrogen and oxygen atoms in total. The second kappa shape index (κ2) is 2.88. The summed E-state index contributed by atoms with van der Waals surface area (Å²) in [5.74, 6) is 0. The highest BCUT2D eigenvalue weighted by atomic mass is 19.4. The van der Waals surface area contributed by atoms with Crippen LogP contribution in [0.1, 0.15) is 0 Å². The lowest BCUT2D eigenvalue weighted by molar-refractivity contribution is -0.320. The number of hydrogen-bond acceptors (Lipinski definition) is 1. The van der Waals surface area contributed by atoms with Crippen LogP contribution in [0.15, 0.2) is 0 Å². The highest BCUT2D eigenvalue weighted by molar-refractivity contribution is 4.74. The van der Waals surface area contributed by atoms with Crippen LogP contribution < -0.4 is 0 Å². The van der Waals surface area contributed by atoms with Crippen molar-refractivity contribution in [3.8, 4) is 0 Å². The van der Waals surface area contributed by atoms with Crippen LogP contribution in [0.3, 0.4) is 0 Å². The fraction of sp³-hybridized carbons (Fsp3) is 0.750. The van der Waals surface area contributed by atoms with Gasteiger partial charge >= 0.3 is 12.3 Å². The zero-order chi connectivity index (χ0) is 9.28. The van der Waals surface area contributed by atoms with E-state index in [1.165, 1.54) is 0 Å². The van der Waals surface area contributed by atoms with Crippen molar-refractivity contribution in [3.05, 3.63) is 7.11 Å². The highest BCUT2D eigenvalue weighted by Crippen LogP contribution is 2.35. The van der Waals surface area contributed by atoms with Gasteiger partial charge in [0.05, 0.1) is 7.11 Å². The van der Waals surface area contributed by atoms with E-state index in [9.17, 15) is 26.3 Å². The van der Waals surface area contributed by atoms with Crippen molar-refractivity contribution in [3.63, 3.8) is 0 Å². The quantitative estimate of drug-likeness (QED) is 0.594. The van der Waals surface area contributed by atoms with Gasteiger partial charge in [-0.05, 0) is 0 Å². The SMILES string of the molecule is [CH2]OC(F)(F)C(F)C(F)(F)F. The van der Waals surface area contributed by atoms with E-state index in [1.807, 2.05) is 7.11 Å². The molecule has 0 fully saturated rings. The summed E-state index contributed by atoms with van der Waals surface area (Å²) < 4.78 is 71.2. The Morgan fingerprint density at radius 2 is 1.45 bits per heavy atom. The summed E-state index contributed by atoms with van der Waals surface area (Å²) in [5.41, 5.74) is 0. The second-order valence-corrected chi connectivity index (χ2v) is 1.61. The molecule has 0 spiro atoms. The first-order chi connectivity index (χ1) is 4.72. The molecule has 0 bridgehead atoms. The Morgan fingerprint density at radius 1 is 1.09 bits per heavy atom. The minimum atomic E-state index is -5.64. The fourth-order valence-corrected chi connectivity index (χ4v) is 0.264. The number of rotatable bonds is 2. The molecule has 0 aromatic heterocycles. The molecule has 67 valence electrons. The summed E-state index contributed by atoms with van der Waals surface area (Å²) in [6.45, 7) is 0. The zero-order valence-electron chi connectivity index (χ0n) is 4.96. The van der Waals surface area contributed by atoms with Gasteiger partial charge in [-0.3, -0.25) is 0 Å². The van der Waals surface area contributed by atoms with Crippen LogP contribution >= 0.6 is 0 Å². The molecule has 0 saturated carbocycles. The molecule has 0 heterocycles. The Balaban J connectivity index is 4.35. The molecule has 1 radical (unpaired) electrons. The average molecular weight is 181 g/mol. The Labute approximate surface area is 57.9 Å². The first-order valence-corrected chi connectivity index (χ1v) is 2.23. The number of halogens is 6. The van der Waals surface area contributed by atoms with E-state index < -0.39 is 18.5 Å². The van der Waals surface area contributed by atoms with Crippen molar-refractivity contribution < 1.29 is 31.1 Å². The minimum Gasteiger partial charge on any atom is -0.315 e. The summed E-state index contributed by atoms with van der Waals surface area (Å²) in [4.78, 5) is 0. The topological polar surface area (TPSA) is 9.23 Å². The fourth-order valence-electron chi connectivity index (χ4n) is 0.264. The molecule has 11 heavy (non-hydrogen) atoms. The smallest absolute Gasteiger partial charge is 0.315 e. The van der Waals surface area contributed by atoms with Gasteiger partial charge in [-0.2, -0.15) is 22.0 Å². The van der Waals surface area contributed by atoms with Crippen LogP contribution in [0, 0.1) is 7.11 Å². The third kappa shape index (κ3) is 2.57. The molecule has 0 aromatic carbocycles. The third-order valence-corrected chi connectivity index (χ3v) is 0.775. The molecule has 7 heteroatoms. The van der Waals surface area contributed by atoms with E-state index in [0.717, 1.165) is 0 Å². The monoisotopic (exact) mass is 181 g/mol. The Kier molecular flexibility index (Phi) is 2.76. The Hall–Kier alpha value is -0.460. The average Bonchev–Trinajstić information content (AvgIpc) is 1.84. The van der Waals surface area contributed by atoms with Crippen molar-refractivity contribution in [2.75, 3.05) is 0 Å². The van der Waals surface area contributed by atoms with Crippen LogP contribution in [0.25, 0.3) is 0 Å². The van der Waals surface area contributed by atoms with Crippen molar-refractivity contribution in [1.82, 2.24) is 0 Å². The van der Waals surface area contributed by atoms with Crippen LogP contribution in [-0.2, 0) is 4.74 Å². The summed E-state index contributed by atoms with van der Waals surface area (Å²) in [7, 11) is 2.00. The Bertz CT molecular complexity index is 129. The molecule has 1 atom stereocenters. The first kappa shape index (κ1) is 10.5. The molecule has 0 aliphatic carbocycles. The molecule has 0 amide bonds. The molecule has 0 N–H and O–H groups in total. The molecule has 0 saturated heterocycles. The lowest BCUT2D eigenvalue weighted by Crippen LogP contribution is -2.42. The molecular formula is C4H3F6O. The van der Waals surface area contributed by atoms with Crippen molar-refractivity contribution in [2.24, 2.45) is 0 Å². The maximum absolute atomic E-state index is 11.7. The maximum Gasteiger partial charge on any atom is 0.428 e. The summed E-state index contributed by atoms with van der Waals surface area (Å²) in [6, 6.07) is 0. The molecule has 0 aliphatic heterocycles. The molecule has 0 rings (SSSR count). The molecule has 0 aliphatic rings. The highest BCUT2D eigenvalue weighted by Gasteiger charge is 2.57. The number of alkyl halides is 6. The lowest BCUT2D eigenvalue weighted by Gasteiger charge is -2.19. The van der Waals surface area contributed by atoms with Gasteiger partial charge in [-0.15, -0.1) is 0 Å². The van der Waals surface area contributed by atoms with Crippen LogP contribution in [0.2, 0.25) is 0 Å². The molecule has 0 aromatic rings. The second-order valence-electron chi connectivity index (χ2n) is 1.61.